The summed E-state index contributed by atoms with van der Waals surface area (Å²) in [5, 5.41) is 15.1. The first-order chi connectivity index (χ1) is 17.1. The van der Waals surface area contributed by atoms with E-state index in [0.717, 1.165) is 25.9 Å². The molecule has 2 amide bonds. The zero-order valence-corrected chi connectivity index (χ0v) is 21.1. The second-order valence-corrected chi connectivity index (χ2v) is 9.93. The highest BCUT2D eigenvalue weighted by molar-refractivity contribution is 8.01. The number of piperidine rings is 1. The Kier molecular flexibility index (Phi) is 8.53. The molecule has 1 aliphatic heterocycles. The van der Waals surface area contributed by atoms with E-state index in [0.29, 0.717) is 44.0 Å². The molecule has 186 valence electrons. The number of amides is 2. The number of carbonyl (C=O) groups excluding carboxylic acids is 2. The number of carbonyl (C=O) groups is 2. The van der Waals surface area contributed by atoms with Gasteiger partial charge in [-0.3, -0.25) is 9.59 Å². The molecule has 0 spiro atoms. The molecule has 3 aromatic rings. The maximum atomic E-state index is 12.3. The summed E-state index contributed by atoms with van der Waals surface area (Å²) in [6, 6.07) is 5.31. The third-order valence-electron chi connectivity index (χ3n) is 5.36. The van der Waals surface area contributed by atoms with Crippen LogP contribution in [0.5, 0.6) is 11.5 Å². The average molecular weight is 519 g/mol. The number of hydrogen-bond donors (Lipinski definition) is 1. The largest absolute Gasteiger partial charge is 0.493 e. The molecule has 3 heterocycles. The van der Waals surface area contributed by atoms with E-state index in [1.165, 1.54) is 29.5 Å². The van der Waals surface area contributed by atoms with Gasteiger partial charge in [-0.25, -0.2) is 0 Å². The maximum absolute atomic E-state index is 12.3. The van der Waals surface area contributed by atoms with Gasteiger partial charge in [-0.2, -0.15) is 4.98 Å². The number of nitrogens with one attached hydrogen (secondary N) is 1. The van der Waals surface area contributed by atoms with Crippen molar-refractivity contribution in [3.8, 4) is 22.9 Å². The first-order valence-electron chi connectivity index (χ1n) is 11.1. The third kappa shape index (κ3) is 6.69. The SMILES string of the molecule is COc1ccc(-c2noc(CCC(=O)Nc3nnc(SCC(=O)N4CCCCC4)s3)n2)cc1OC. The quantitative estimate of drug-likeness (QED) is 0.315. The molecule has 0 unspecified atom stereocenters. The van der Waals surface area contributed by atoms with Crippen LogP contribution in [0.25, 0.3) is 11.4 Å². The maximum Gasteiger partial charge on any atom is 0.233 e. The summed E-state index contributed by atoms with van der Waals surface area (Å²) in [5.74, 6) is 2.09. The number of thioether (sulfide) groups is 1. The van der Waals surface area contributed by atoms with Gasteiger partial charge in [0.1, 0.15) is 0 Å². The van der Waals surface area contributed by atoms with Crippen LogP contribution in [-0.4, -0.2) is 70.1 Å². The second kappa shape index (κ2) is 12.0. The van der Waals surface area contributed by atoms with Crippen molar-refractivity contribution in [1.29, 1.82) is 0 Å². The molecular formula is C22H26N6O5S2. The molecule has 0 saturated carbocycles. The molecule has 0 aliphatic carbocycles. The zero-order chi connectivity index (χ0) is 24.6. The number of ether oxygens (including phenoxy) is 2. The van der Waals surface area contributed by atoms with Crippen molar-refractivity contribution in [3.05, 3.63) is 24.1 Å². The average Bonchev–Trinajstić information content (AvgIpc) is 3.55. The number of aryl methyl sites for hydroxylation is 1. The fraction of sp³-hybridized carbons (Fsp3) is 0.455. The molecular weight excluding hydrogens is 492 g/mol. The first-order valence-corrected chi connectivity index (χ1v) is 12.9. The van der Waals surface area contributed by atoms with Gasteiger partial charge in [-0.15, -0.1) is 10.2 Å². The van der Waals surface area contributed by atoms with Crippen molar-refractivity contribution in [2.75, 3.05) is 38.4 Å². The Morgan fingerprint density at radius 2 is 1.94 bits per heavy atom. The number of benzene rings is 1. The summed E-state index contributed by atoms with van der Waals surface area (Å²) in [6.07, 6.45) is 3.72. The molecule has 0 radical (unpaired) electrons. The minimum atomic E-state index is -0.243. The molecule has 1 saturated heterocycles. The van der Waals surface area contributed by atoms with E-state index < -0.39 is 0 Å². The highest BCUT2D eigenvalue weighted by atomic mass is 32.2. The fourth-order valence-corrected chi connectivity index (χ4v) is 5.20. The molecule has 1 fully saturated rings. The van der Waals surface area contributed by atoms with Crippen molar-refractivity contribution in [3.63, 3.8) is 0 Å². The van der Waals surface area contributed by atoms with E-state index in [1.807, 2.05) is 4.90 Å². The monoisotopic (exact) mass is 518 g/mol. The lowest BCUT2D eigenvalue weighted by Gasteiger charge is -2.26. The molecule has 35 heavy (non-hydrogen) atoms. The van der Waals surface area contributed by atoms with Gasteiger partial charge in [0.15, 0.2) is 15.8 Å². The number of methoxy groups -OCH3 is 2. The third-order valence-corrected chi connectivity index (χ3v) is 7.31. The van der Waals surface area contributed by atoms with Crippen LogP contribution >= 0.6 is 23.1 Å². The highest BCUT2D eigenvalue weighted by Crippen LogP contribution is 2.31. The fourth-order valence-electron chi connectivity index (χ4n) is 3.53. The Balaban J connectivity index is 1.24. The first kappa shape index (κ1) is 24.9. The summed E-state index contributed by atoms with van der Waals surface area (Å²) in [5.41, 5.74) is 0.708. The lowest BCUT2D eigenvalue weighted by molar-refractivity contribution is -0.129. The summed E-state index contributed by atoms with van der Waals surface area (Å²) < 4.78 is 16.5. The van der Waals surface area contributed by atoms with Gasteiger partial charge >= 0.3 is 0 Å². The van der Waals surface area contributed by atoms with E-state index in [-0.39, 0.29) is 24.7 Å². The van der Waals surface area contributed by atoms with Crippen LogP contribution in [0, 0.1) is 0 Å². The van der Waals surface area contributed by atoms with E-state index in [1.54, 1.807) is 32.4 Å². The molecule has 1 aliphatic rings. The Morgan fingerprint density at radius 1 is 1.14 bits per heavy atom. The summed E-state index contributed by atoms with van der Waals surface area (Å²) in [6.45, 7) is 1.65. The molecule has 4 rings (SSSR count). The molecule has 0 atom stereocenters. The van der Waals surface area contributed by atoms with Crippen LogP contribution in [0.15, 0.2) is 27.1 Å². The van der Waals surface area contributed by atoms with E-state index in [9.17, 15) is 9.59 Å². The van der Waals surface area contributed by atoms with Crippen molar-refractivity contribution in [2.45, 2.75) is 36.4 Å². The number of aromatic nitrogens is 4. The van der Waals surface area contributed by atoms with Gasteiger partial charge < -0.3 is 24.2 Å². The summed E-state index contributed by atoms with van der Waals surface area (Å²) in [7, 11) is 3.12. The van der Waals surface area contributed by atoms with Crippen LogP contribution < -0.4 is 14.8 Å². The predicted molar refractivity (Wildman–Crippen MR) is 131 cm³/mol. The standard InChI is InChI=1S/C22H26N6O5S2/c1-31-15-7-6-14(12-16(15)32-2)20-24-18(33-27-20)9-8-17(29)23-21-25-26-22(35-21)34-13-19(30)28-10-4-3-5-11-28/h6-7,12H,3-5,8-11,13H2,1-2H3,(H,23,25,29). The number of likely N-dealkylation sites (tertiary alicyclic amines) is 1. The molecule has 0 bridgehead atoms. The van der Waals surface area contributed by atoms with Crippen molar-refractivity contribution in [2.24, 2.45) is 0 Å². The molecule has 11 nitrogen and oxygen atoms in total. The molecule has 2 aromatic heterocycles. The lowest BCUT2D eigenvalue weighted by atomic mass is 10.1. The summed E-state index contributed by atoms with van der Waals surface area (Å²) >= 11 is 2.58. The van der Waals surface area contributed by atoms with Gasteiger partial charge in [0.05, 0.1) is 20.0 Å². The normalized spacial score (nSPS) is 13.5. The topological polar surface area (TPSA) is 133 Å². The zero-order valence-electron chi connectivity index (χ0n) is 19.5. The second-order valence-electron chi connectivity index (χ2n) is 7.73. The highest BCUT2D eigenvalue weighted by Gasteiger charge is 2.18. The van der Waals surface area contributed by atoms with Gasteiger partial charge in [-0.05, 0) is 37.5 Å². The molecule has 1 aromatic carbocycles. The van der Waals surface area contributed by atoms with Crippen LogP contribution in [0.4, 0.5) is 5.13 Å². The smallest absolute Gasteiger partial charge is 0.233 e. The molecule has 13 heteroatoms. The van der Waals surface area contributed by atoms with Gasteiger partial charge in [0.2, 0.25) is 28.7 Å². The van der Waals surface area contributed by atoms with E-state index in [2.05, 4.69) is 25.7 Å². The number of nitrogens with zero attached hydrogens (tertiary/aromatic N) is 5. The lowest BCUT2D eigenvalue weighted by Crippen LogP contribution is -2.36. The van der Waals surface area contributed by atoms with Crippen LogP contribution in [-0.2, 0) is 16.0 Å². The van der Waals surface area contributed by atoms with Gasteiger partial charge in [0, 0.05) is 31.5 Å². The minimum Gasteiger partial charge on any atom is -0.493 e. The number of hydrogen-bond acceptors (Lipinski definition) is 11. The Morgan fingerprint density at radius 3 is 2.71 bits per heavy atom. The van der Waals surface area contributed by atoms with Gasteiger partial charge in [0.25, 0.3) is 0 Å². The van der Waals surface area contributed by atoms with Gasteiger partial charge in [-0.1, -0.05) is 28.3 Å². The van der Waals surface area contributed by atoms with E-state index >= 15 is 0 Å². The van der Waals surface area contributed by atoms with Crippen LogP contribution in [0.1, 0.15) is 31.6 Å². The minimum absolute atomic E-state index is 0.113. The van der Waals surface area contributed by atoms with Crippen molar-refractivity contribution < 1.29 is 23.6 Å². The number of rotatable bonds is 10. The van der Waals surface area contributed by atoms with Crippen molar-refractivity contribution >= 4 is 40.0 Å². The number of anilines is 1. The Labute approximate surface area is 210 Å². The van der Waals surface area contributed by atoms with Crippen LogP contribution in [0.2, 0.25) is 0 Å². The van der Waals surface area contributed by atoms with E-state index in [4.69, 9.17) is 14.0 Å². The van der Waals surface area contributed by atoms with Crippen LogP contribution in [0.3, 0.4) is 0 Å². The Hall–Kier alpha value is -3.19. The predicted octanol–water partition coefficient (Wildman–Crippen LogP) is 3.28. The molecule has 1 N–H and O–H groups in total. The Bertz CT molecular complexity index is 1160. The summed E-state index contributed by atoms with van der Waals surface area (Å²) in [4.78, 5) is 30.9. The van der Waals surface area contributed by atoms with Crippen molar-refractivity contribution in [1.82, 2.24) is 25.2 Å².